The van der Waals surface area contributed by atoms with Crippen molar-refractivity contribution in [2.24, 2.45) is 0 Å². The average Bonchev–Trinajstić information content (AvgIpc) is 2.17. The summed E-state index contributed by atoms with van der Waals surface area (Å²) in [6.45, 7) is 4.86. The van der Waals surface area contributed by atoms with Crippen LogP contribution in [0.3, 0.4) is 0 Å². The van der Waals surface area contributed by atoms with E-state index < -0.39 is 0 Å². The van der Waals surface area contributed by atoms with Crippen LogP contribution in [0.2, 0.25) is 0 Å². The molecule has 15 heavy (non-hydrogen) atoms. The van der Waals surface area contributed by atoms with Crippen LogP contribution in [-0.4, -0.2) is 18.7 Å². The molecule has 1 aromatic rings. The Kier molecular flexibility index (Phi) is 2.67. The van der Waals surface area contributed by atoms with E-state index in [-0.39, 0.29) is 0 Å². The topological polar surface area (TPSA) is 3.24 Å². The van der Waals surface area contributed by atoms with Gasteiger partial charge in [-0.15, -0.1) is 0 Å². The number of hydrogen-bond acceptors (Lipinski definition) is 1. The van der Waals surface area contributed by atoms with E-state index in [4.69, 9.17) is 0 Å². The molecule has 0 bridgehead atoms. The van der Waals surface area contributed by atoms with Crippen molar-refractivity contribution < 1.29 is 0 Å². The molecule has 2 heteroatoms. The van der Waals surface area contributed by atoms with Gasteiger partial charge in [-0.3, -0.25) is 0 Å². The lowest BCUT2D eigenvalue weighted by Gasteiger charge is -2.24. The lowest BCUT2D eigenvalue weighted by Crippen LogP contribution is -2.36. The summed E-state index contributed by atoms with van der Waals surface area (Å²) in [6.07, 6.45) is 4.40. The van der Waals surface area contributed by atoms with Crippen molar-refractivity contribution in [3.05, 3.63) is 53.7 Å². The fourth-order valence-corrected chi connectivity index (χ4v) is 2.36. The third-order valence-electron chi connectivity index (χ3n) is 2.86. The quantitative estimate of drug-likeness (QED) is 0.624. The minimum atomic E-state index is 0.461. The molecule has 0 radical (unpaired) electrons. The average molecular weight is 197 g/mol. The van der Waals surface area contributed by atoms with Crippen LogP contribution in [0, 0.1) is 0 Å². The van der Waals surface area contributed by atoms with Crippen LogP contribution in [0.5, 0.6) is 0 Å². The second-order valence-corrected chi connectivity index (χ2v) is 4.26. The van der Waals surface area contributed by atoms with Gasteiger partial charge in [0.1, 0.15) is 0 Å². The number of allylic oxidation sites excluding steroid dienone is 2. The number of rotatable bonds is 1. The predicted molar refractivity (Wildman–Crippen MR) is 67.1 cm³/mol. The molecule has 76 valence electrons. The highest BCUT2D eigenvalue weighted by atomic mass is 15.0. The minimum Gasteiger partial charge on any atom is -0.359 e. The Morgan fingerprint density at radius 1 is 0.933 bits per heavy atom. The first kappa shape index (κ1) is 10.1. The standard InChI is InChI=1S/C13H16BN/c1-11-9-15(3)10-12(2)14(11)13-7-5-4-6-8-13/h4-10H,1-3H3. The van der Waals surface area contributed by atoms with Gasteiger partial charge in [0.15, 0.2) is 0 Å². The molecule has 0 saturated carbocycles. The maximum Gasteiger partial charge on any atom is 0.235 e. The molecule has 0 N–H and O–H groups in total. The van der Waals surface area contributed by atoms with Gasteiger partial charge in [0, 0.05) is 7.05 Å². The van der Waals surface area contributed by atoms with Gasteiger partial charge < -0.3 is 4.90 Å². The van der Waals surface area contributed by atoms with Crippen LogP contribution in [0.4, 0.5) is 0 Å². The normalized spacial score (nSPS) is 16.2. The molecule has 0 amide bonds. The van der Waals surface area contributed by atoms with Gasteiger partial charge in [-0.25, -0.2) is 0 Å². The first-order chi connectivity index (χ1) is 7.18. The van der Waals surface area contributed by atoms with Gasteiger partial charge in [-0.1, -0.05) is 46.7 Å². The van der Waals surface area contributed by atoms with E-state index >= 15 is 0 Å². The number of benzene rings is 1. The van der Waals surface area contributed by atoms with E-state index in [1.54, 1.807) is 0 Å². The molecule has 0 saturated heterocycles. The van der Waals surface area contributed by atoms with Gasteiger partial charge >= 0.3 is 0 Å². The van der Waals surface area contributed by atoms with E-state index in [2.05, 4.69) is 68.5 Å². The van der Waals surface area contributed by atoms with Crippen molar-refractivity contribution in [3.8, 4) is 0 Å². The zero-order valence-electron chi connectivity index (χ0n) is 9.57. The highest BCUT2D eigenvalue weighted by molar-refractivity contribution is 6.85. The molecular formula is C13H16BN. The van der Waals surface area contributed by atoms with Crippen LogP contribution in [0.15, 0.2) is 53.7 Å². The minimum absolute atomic E-state index is 0.461. The lowest BCUT2D eigenvalue weighted by atomic mass is 9.36. The summed E-state index contributed by atoms with van der Waals surface area (Å²) < 4.78 is 0. The van der Waals surface area contributed by atoms with E-state index in [9.17, 15) is 0 Å². The molecule has 0 aliphatic carbocycles. The Bertz CT molecular complexity index is 386. The summed E-state index contributed by atoms with van der Waals surface area (Å²) in [7, 11) is 2.08. The molecule has 0 spiro atoms. The van der Waals surface area contributed by atoms with Crippen LogP contribution in [0.25, 0.3) is 0 Å². The summed E-state index contributed by atoms with van der Waals surface area (Å²) in [5.41, 5.74) is 4.19. The Hall–Kier alpha value is -1.44. The van der Waals surface area contributed by atoms with Gasteiger partial charge in [-0.2, -0.15) is 0 Å². The summed E-state index contributed by atoms with van der Waals surface area (Å²) in [4.78, 5) is 2.13. The molecule has 1 aromatic carbocycles. The Labute approximate surface area is 92.2 Å². The summed E-state index contributed by atoms with van der Waals surface area (Å²) >= 11 is 0. The van der Waals surface area contributed by atoms with Gasteiger partial charge in [0.05, 0.1) is 0 Å². The maximum atomic E-state index is 2.20. The fraction of sp³-hybridized carbons (Fsp3) is 0.231. The first-order valence-electron chi connectivity index (χ1n) is 5.32. The van der Waals surface area contributed by atoms with E-state index in [0.29, 0.717) is 6.71 Å². The van der Waals surface area contributed by atoms with Crippen molar-refractivity contribution >= 4 is 12.2 Å². The van der Waals surface area contributed by atoms with Crippen molar-refractivity contribution in [3.63, 3.8) is 0 Å². The van der Waals surface area contributed by atoms with E-state index in [1.807, 2.05) is 0 Å². The van der Waals surface area contributed by atoms with Crippen LogP contribution in [0.1, 0.15) is 13.8 Å². The molecular weight excluding hydrogens is 181 g/mol. The fourth-order valence-electron chi connectivity index (χ4n) is 2.36. The summed E-state index contributed by atoms with van der Waals surface area (Å²) in [5.74, 6) is 0. The second-order valence-electron chi connectivity index (χ2n) is 4.26. The largest absolute Gasteiger partial charge is 0.359 e. The molecule has 2 rings (SSSR count). The maximum absolute atomic E-state index is 2.20. The molecule has 1 aliphatic rings. The van der Waals surface area contributed by atoms with Crippen molar-refractivity contribution in [1.29, 1.82) is 0 Å². The molecule has 1 heterocycles. The summed E-state index contributed by atoms with van der Waals surface area (Å²) in [5, 5.41) is 0. The zero-order chi connectivity index (χ0) is 10.8. The van der Waals surface area contributed by atoms with Crippen molar-refractivity contribution in [1.82, 2.24) is 4.90 Å². The van der Waals surface area contributed by atoms with E-state index in [1.165, 1.54) is 16.4 Å². The Morgan fingerprint density at radius 3 is 2.00 bits per heavy atom. The summed E-state index contributed by atoms with van der Waals surface area (Å²) in [6, 6.07) is 10.7. The molecule has 0 fully saturated rings. The SMILES string of the molecule is CC1=CN(C)C=C(C)B1c1ccccc1. The van der Waals surface area contributed by atoms with Gasteiger partial charge in [0.2, 0.25) is 6.71 Å². The van der Waals surface area contributed by atoms with Gasteiger partial charge in [-0.05, 0) is 26.2 Å². The van der Waals surface area contributed by atoms with Crippen LogP contribution >= 0.6 is 0 Å². The Balaban J connectivity index is 2.38. The molecule has 0 unspecified atom stereocenters. The van der Waals surface area contributed by atoms with Crippen molar-refractivity contribution in [2.75, 3.05) is 7.05 Å². The molecule has 1 nitrogen and oxygen atoms in total. The number of hydrogen-bond donors (Lipinski definition) is 0. The smallest absolute Gasteiger partial charge is 0.235 e. The third-order valence-corrected chi connectivity index (χ3v) is 2.86. The van der Waals surface area contributed by atoms with Crippen LogP contribution < -0.4 is 5.46 Å². The molecule has 0 aromatic heterocycles. The van der Waals surface area contributed by atoms with Crippen LogP contribution in [-0.2, 0) is 0 Å². The lowest BCUT2D eigenvalue weighted by molar-refractivity contribution is 0.615. The Morgan fingerprint density at radius 2 is 1.47 bits per heavy atom. The monoisotopic (exact) mass is 197 g/mol. The highest BCUT2D eigenvalue weighted by Gasteiger charge is 2.23. The molecule has 0 atom stereocenters. The van der Waals surface area contributed by atoms with Gasteiger partial charge in [0.25, 0.3) is 0 Å². The van der Waals surface area contributed by atoms with E-state index in [0.717, 1.165) is 0 Å². The highest BCUT2D eigenvalue weighted by Crippen LogP contribution is 2.16. The predicted octanol–water partition coefficient (Wildman–Crippen LogP) is 2.22. The van der Waals surface area contributed by atoms with Crippen molar-refractivity contribution in [2.45, 2.75) is 13.8 Å². The molecule has 1 aliphatic heterocycles. The number of nitrogens with zero attached hydrogens (tertiary/aromatic N) is 1. The first-order valence-corrected chi connectivity index (χ1v) is 5.32. The second kappa shape index (κ2) is 3.97. The third kappa shape index (κ3) is 1.99. The zero-order valence-corrected chi connectivity index (χ0v) is 9.57.